The van der Waals surface area contributed by atoms with E-state index in [1.165, 1.54) is 58.2 Å². The number of nitrogens with zero attached hydrogens (tertiary/aromatic N) is 1. The van der Waals surface area contributed by atoms with Gasteiger partial charge in [0.15, 0.2) is 0 Å². The van der Waals surface area contributed by atoms with Crippen LogP contribution in [0.1, 0.15) is 66.2 Å². The van der Waals surface area contributed by atoms with Crippen molar-refractivity contribution < 1.29 is 4.74 Å². The van der Waals surface area contributed by atoms with Gasteiger partial charge in [0.05, 0.1) is 12.7 Å². The van der Waals surface area contributed by atoms with Gasteiger partial charge in [0.2, 0.25) is 0 Å². The molecule has 3 heteroatoms. The molecule has 0 bridgehead atoms. The zero-order chi connectivity index (χ0) is 16.7. The van der Waals surface area contributed by atoms with Gasteiger partial charge >= 0.3 is 0 Å². The Balaban J connectivity index is 1.55. The fourth-order valence-electron chi connectivity index (χ4n) is 4.22. The summed E-state index contributed by atoms with van der Waals surface area (Å²) in [5, 5.41) is 3.43. The van der Waals surface area contributed by atoms with E-state index in [0.29, 0.717) is 12.1 Å². The summed E-state index contributed by atoms with van der Waals surface area (Å²) in [6, 6.07) is 0.564. The van der Waals surface area contributed by atoms with Gasteiger partial charge in [0, 0.05) is 19.1 Å². The fourth-order valence-corrected chi connectivity index (χ4v) is 4.22. The Morgan fingerprint density at radius 1 is 0.957 bits per heavy atom. The Kier molecular flexibility index (Phi) is 8.35. The SMILES string of the molecule is CC(C)NCCOC1CCC(CN2CCC(C(C)C)CC2)CC1. The lowest BCUT2D eigenvalue weighted by molar-refractivity contribution is 0.0131. The van der Waals surface area contributed by atoms with Crippen LogP contribution in [0.25, 0.3) is 0 Å². The third-order valence-corrected chi connectivity index (χ3v) is 5.89. The van der Waals surface area contributed by atoms with Crippen LogP contribution >= 0.6 is 0 Å². The summed E-state index contributed by atoms with van der Waals surface area (Å²) in [6.45, 7) is 15.0. The van der Waals surface area contributed by atoms with Gasteiger partial charge in [0.1, 0.15) is 0 Å². The highest BCUT2D eigenvalue weighted by Gasteiger charge is 2.26. The van der Waals surface area contributed by atoms with Crippen LogP contribution in [0.5, 0.6) is 0 Å². The highest BCUT2D eigenvalue weighted by Crippen LogP contribution is 2.29. The number of piperidine rings is 1. The Hall–Kier alpha value is -0.120. The van der Waals surface area contributed by atoms with Gasteiger partial charge in [-0.25, -0.2) is 0 Å². The maximum absolute atomic E-state index is 6.04. The smallest absolute Gasteiger partial charge is 0.0594 e. The molecule has 136 valence electrons. The first kappa shape index (κ1) is 19.2. The molecule has 0 radical (unpaired) electrons. The number of nitrogens with one attached hydrogen (secondary N) is 1. The summed E-state index contributed by atoms with van der Waals surface area (Å²) in [5.74, 6) is 2.75. The van der Waals surface area contributed by atoms with E-state index in [-0.39, 0.29) is 0 Å². The zero-order valence-electron chi connectivity index (χ0n) is 16.0. The Morgan fingerprint density at radius 2 is 1.61 bits per heavy atom. The lowest BCUT2D eigenvalue weighted by Crippen LogP contribution is -2.39. The second-order valence-corrected chi connectivity index (χ2v) is 8.50. The van der Waals surface area contributed by atoms with Crippen molar-refractivity contribution in [2.75, 3.05) is 32.8 Å². The average Bonchev–Trinajstić information content (AvgIpc) is 2.53. The van der Waals surface area contributed by atoms with Crippen LogP contribution in [0.15, 0.2) is 0 Å². The maximum atomic E-state index is 6.04. The van der Waals surface area contributed by atoms with Crippen molar-refractivity contribution in [1.82, 2.24) is 10.2 Å². The molecule has 1 aliphatic carbocycles. The van der Waals surface area contributed by atoms with E-state index < -0.39 is 0 Å². The largest absolute Gasteiger partial charge is 0.377 e. The van der Waals surface area contributed by atoms with Crippen LogP contribution in [-0.2, 0) is 4.74 Å². The highest BCUT2D eigenvalue weighted by molar-refractivity contribution is 4.79. The van der Waals surface area contributed by atoms with Gasteiger partial charge in [-0.05, 0) is 69.4 Å². The zero-order valence-corrected chi connectivity index (χ0v) is 16.0. The monoisotopic (exact) mass is 324 g/mol. The molecule has 23 heavy (non-hydrogen) atoms. The van der Waals surface area contributed by atoms with Crippen molar-refractivity contribution in [1.29, 1.82) is 0 Å². The number of hydrogen-bond donors (Lipinski definition) is 1. The average molecular weight is 325 g/mol. The van der Waals surface area contributed by atoms with Crippen LogP contribution in [0.3, 0.4) is 0 Å². The predicted molar refractivity (Wildman–Crippen MR) is 98.8 cm³/mol. The van der Waals surface area contributed by atoms with Crippen LogP contribution in [0, 0.1) is 17.8 Å². The summed E-state index contributed by atoms with van der Waals surface area (Å²) in [7, 11) is 0. The fraction of sp³-hybridized carbons (Fsp3) is 1.00. The van der Waals surface area contributed by atoms with E-state index in [1.807, 2.05) is 0 Å². The molecule has 0 aromatic rings. The molecule has 0 amide bonds. The first-order chi connectivity index (χ1) is 11.0. The lowest BCUT2D eigenvalue weighted by Gasteiger charge is -2.37. The van der Waals surface area contributed by atoms with Crippen molar-refractivity contribution in [3.05, 3.63) is 0 Å². The molecule has 0 aromatic heterocycles. The minimum absolute atomic E-state index is 0.520. The molecule has 1 saturated heterocycles. The van der Waals surface area contributed by atoms with E-state index in [4.69, 9.17) is 4.74 Å². The molecule has 1 aliphatic heterocycles. The van der Waals surface area contributed by atoms with Crippen molar-refractivity contribution in [3.8, 4) is 0 Å². The molecule has 2 rings (SSSR count). The van der Waals surface area contributed by atoms with Crippen molar-refractivity contribution >= 4 is 0 Å². The van der Waals surface area contributed by atoms with Gasteiger partial charge in [-0.2, -0.15) is 0 Å². The Bertz CT molecular complexity index is 303. The third-order valence-electron chi connectivity index (χ3n) is 5.89. The number of likely N-dealkylation sites (tertiary alicyclic amines) is 1. The number of rotatable bonds is 8. The normalized spacial score (nSPS) is 27.9. The second kappa shape index (κ2) is 10.0. The van der Waals surface area contributed by atoms with Gasteiger partial charge in [-0.1, -0.05) is 27.7 Å². The molecule has 1 N–H and O–H groups in total. The van der Waals surface area contributed by atoms with Crippen LogP contribution in [-0.4, -0.2) is 49.8 Å². The second-order valence-electron chi connectivity index (χ2n) is 8.50. The first-order valence-corrected chi connectivity index (χ1v) is 10.1. The van der Waals surface area contributed by atoms with Gasteiger partial charge in [-0.3, -0.25) is 0 Å². The van der Waals surface area contributed by atoms with Crippen molar-refractivity contribution in [2.45, 2.75) is 78.4 Å². The molecule has 0 unspecified atom stereocenters. The minimum Gasteiger partial charge on any atom is -0.377 e. The predicted octanol–water partition coefficient (Wildman–Crippen LogP) is 3.93. The number of ether oxygens (including phenoxy) is 1. The van der Waals surface area contributed by atoms with Gasteiger partial charge in [0.25, 0.3) is 0 Å². The molecular formula is C20H40N2O. The summed E-state index contributed by atoms with van der Waals surface area (Å²) in [5.41, 5.74) is 0. The van der Waals surface area contributed by atoms with E-state index in [1.54, 1.807) is 0 Å². The molecule has 1 heterocycles. The molecule has 3 nitrogen and oxygen atoms in total. The number of hydrogen-bond acceptors (Lipinski definition) is 3. The standard InChI is InChI=1S/C20H40N2O/c1-16(2)19-9-12-22(13-10-19)15-18-5-7-20(8-6-18)23-14-11-21-17(3)4/h16-21H,5-15H2,1-4H3. The van der Waals surface area contributed by atoms with Gasteiger partial charge in [-0.15, -0.1) is 0 Å². The molecule has 2 fully saturated rings. The van der Waals surface area contributed by atoms with Crippen LogP contribution in [0.4, 0.5) is 0 Å². The topological polar surface area (TPSA) is 24.5 Å². The quantitative estimate of drug-likeness (QED) is 0.685. The summed E-state index contributed by atoms with van der Waals surface area (Å²) < 4.78 is 6.04. The van der Waals surface area contributed by atoms with E-state index >= 15 is 0 Å². The highest BCUT2D eigenvalue weighted by atomic mass is 16.5. The third kappa shape index (κ3) is 7.11. The molecule has 0 atom stereocenters. The molecule has 0 aromatic carbocycles. The summed E-state index contributed by atoms with van der Waals surface area (Å²) in [6.07, 6.45) is 8.63. The van der Waals surface area contributed by atoms with Crippen molar-refractivity contribution in [2.24, 2.45) is 17.8 Å². The molecular weight excluding hydrogens is 284 g/mol. The molecule has 0 spiro atoms. The molecule has 2 aliphatic rings. The minimum atomic E-state index is 0.520. The van der Waals surface area contributed by atoms with E-state index in [0.717, 1.165) is 30.9 Å². The Morgan fingerprint density at radius 3 is 2.17 bits per heavy atom. The van der Waals surface area contributed by atoms with Crippen molar-refractivity contribution in [3.63, 3.8) is 0 Å². The maximum Gasteiger partial charge on any atom is 0.0594 e. The van der Waals surface area contributed by atoms with E-state index in [2.05, 4.69) is 37.9 Å². The summed E-state index contributed by atoms with van der Waals surface area (Å²) in [4.78, 5) is 2.73. The first-order valence-electron chi connectivity index (χ1n) is 10.1. The summed E-state index contributed by atoms with van der Waals surface area (Å²) >= 11 is 0. The van der Waals surface area contributed by atoms with Crippen LogP contribution < -0.4 is 5.32 Å². The van der Waals surface area contributed by atoms with Gasteiger partial charge < -0.3 is 15.0 Å². The molecule has 1 saturated carbocycles. The van der Waals surface area contributed by atoms with E-state index in [9.17, 15) is 0 Å². The Labute approximate surface area is 144 Å². The van der Waals surface area contributed by atoms with Crippen LogP contribution in [0.2, 0.25) is 0 Å². The lowest BCUT2D eigenvalue weighted by atomic mass is 9.84.